The zero-order valence-corrected chi connectivity index (χ0v) is 13.4. The fourth-order valence-electron chi connectivity index (χ4n) is 3.00. The van der Waals surface area contributed by atoms with E-state index in [0.717, 1.165) is 18.4 Å². The zero-order valence-electron chi connectivity index (χ0n) is 13.4. The van der Waals surface area contributed by atoms with Crippen molar-refractivity contribution in [3.05, 3.63) is 48.0 Å². The number of allylic oxidation sites excluding steroid dienone is 1. The van der Waals surface area contributed by atoms with Gasteiger partial charge < -0.3 is 9.84 Å². The Balaban J connectivity index is 2.07. The second kappa shape index (κ2) is 8.36. The average molecular weight is 317 g/mol. The molecule has 1 aliphatic heterocycles. The van der Waals surface area contributed by atoms with Gasteiger partial charge in [-0.15, -0.1) is 0 Å². The molecule has 1 heterocycles. The first-order valence-corrected chi connectivity index (χ1v) is 7.95. The van der Waals surface area contributed by atoms with Gasteiger partial charge in [-0.05, 0) is 31.7 Å². The Morgan fingerprint density at radius 3 is 2.70 bits per heavy atom. The van der Waals surface area contributed by atoms with E-state index < -0.39 is 12.1 Å². The van der Waals surface area contributed by atoms with Gasteiger partial charge >= 0.3 is 12.1 Å². The molecule has 5 nitrogen and oxygen atoms in total. The normalized spacial score (nSPS) is 21.3. The smallest absolute Gasteiger partial charge is 0.410 e. The number of hydrogen-bond acceptors (Lipinski definition) is 3. The first-order chi connectivity index (χ1) is 11.1. The number of carboxylic acids is 1. The molecule has 1 N–H and O–H groups in total. The van der Waals surface area contributed by atoms with Crippen LogP contribution in [0.4, 0.5) is 4.79 Å². The van der Waals surface area contributed by atoms with E-state index >= 15 is 0 Å². The largest absolute Gasteiger partial charge is 0.481 e. The Kier molecular flexibility index (Phi) is 6.20. The Labute approximate surface area is 136 Å². The first kappa shape index (κ1) is 17.1. The number of benzene rings is 1. The van der Waals surface area contributed by atoms with Crippen LogP contribution in [0, 0.1) is 0 Å². The van der Waals surface area contributed by atoms with Crippen LogP contribution >= 0.6 is 0 Å². The van der Waals surface area contributed by atoms with Gasteiger partial charge in [-0.3, -0.25) is 9.69 Å². The number of aliphatic carboxylic acids is 1. The van der Waals surface area contributed by atoms with Gasteiger partial charge in [0, 0.05) is 6.04 Å². The molecule has 23 heavy (non-hydrogen) atoms. The number of amides is 1. The van der Waals surface area contributed by atoms with Gasteiger partial charge in [0.1, 0.15) is 6.61 Å². The molecule has 0 radical (unpaired) electrons. The summed E-state index contributed by atoms with van der Waals surface area (Å²) in [4.78, 5) is 25.2. The van der Waals surface area contributed by atoms with Crippen molar-refractivity contribution in [2.45, 2.75) is 51.3 Å². The van der Waals surface area contributed by atoms with Gasteiger partial charge in [-0.2, -0.15) is 0 Å². The van der Waals surface area contributed by atoms with Gasteiger partial charge in [0.2, 0.25) is 0 Å². The van der Waals surface area contributed by atoms with Crippen LogP contribution in [-0.4, -0.2) is 34.2 Å². The minimum absolute atomic E-state index is 0.0471. The highest BCUT2D eigenvalue weighted by Gasteiger charge is 2.35. The Bertz CT molecular complexity index is 555. The summed E-state index contributed by atoms with van der Waals surface area (Å²) < 4.78 is 5.42. The van der Waals surface area contributed by atoms with Gasteiger partial charge in [-0.1, -0.05) is 42.5 Å². The number of rotatable bonds is 5. The van der Waals surface area contributed by atoms with Crippen LogP contribution in [0.1, 0.15) is 38.2 Å². The van der Waals surface area contributed by atoms with Crippen LogP contribution in [0.15, 0.2) is 42.5 Å². The van der Waals surface area contributed by atoms with E-state index in [1.54, 1.807) is 4.90 Å². The minimum atomic E-state index is -0.892. The van der Waals surface area contributed by atoms with Crippen molar-refractivity contribution in [1.82, 2.24) is 4.90 Å². The molecular formula is C18H23NO4. The van der Waals surface area contributed by atoms with Crippen LogP contribution in [0.5, 0.6) is 0 Å². The number of carbonyl (C=O) groups is 2. The van der Waals surface area contributed by atoms with E-state index in [1.807, 2.05) is 49.4 Å². The van der Waals surface area contributed by atoms with Crippen molar-refractivity contribution in [2.24, 2.45) is 0 Å². The highest BCUT2D eigenvalue weighted by Crippen LogP contribution is 2.27. The van der Waals surface area contributed by atoms with Crippen molar-refractivity contribution in [3.8, 4) is 0 Å². The summed E-state index contributed by atoms with van der Waals surface area (Å²) in [5.41, 5.74) is 0.912. The molecule has 0 aliphatic carbocycles. The van der Waals surface area contributed by atoms with Crippen LogP contribution in [0.2, 0.25) is 0 Å². The van der Waals surface area contributed by atoms with E-state index in [0.29, 0.717) is 6.42 Å². The summed E-state index contributed by atoms with van der Waals surface area (Å²) in [5.74, 6) is -0.892. The lowest BCUT2D eigenvalue weighted by atomic mass is 9.93. The molecule has 2 atom stereocenters. The van der Waals surface area contributed by atoms with Gasteiger partial charge in [0.25, 0.3) is 0 Å². The number of carboxylic acid groups (broad SMARTS) is 1. The number of ether oxygens (including phenoxy) is 1. The molecule has 0 unspecified atom stereocenters. The molecule has 0 aromatic heterocycles. The zero-order chi connectivity index (χ0) is 16.7. The topological polar surface area (TPSA) is 66.8 Å². The van der Waals surface area contributed by atoms with Crippen molar-refractivity contribution in [3.63, 3.8) is 0 Å². The summed E-state index contributed by atoms with van der Waals surface area (Å²) in [6.45, 7) is 2.09. The predicted molar refractivity (Wildman–Crippen MR) is 87.0 cm³/mol. The van der Waals surface area contributed by atoms with E-state index in [2.05, 4.69) is 0 Å². The van der Waals surface area contributed by atoms with Crippen molar-refractivity contribution in [1.29, 1.82) is 0 Å². The van der Waals surface area contributed by atoms with Crippen LogP contribution in [-0.2, 0) is 16.1 Å². The molecule has 2 rings (SSSR count). The van der Waals surface area contributed by atoms with E-state index in [-0.39, 0.29) is 25.1 Å². The Hall–Kier alpha value is -2.30. The molecular weight excluding hydrogens is 294 g/mol. The molecule has 5 heteroatoms. The third-order valence-corrected chi connectivity index (χ3v) is 4.03. The van der Waals surface area contributed by atoms with Gasteiger partial charge in [0.15, 0.2) is 0 Å². The van der Waals surface area contributed by atoms with E-state index in [1.165, 1.54) is 0 Å². The van der Waals surface area contributed by atoms with Crippen LogP contribution in [0.3, 0.4) is 0 Å². The molecule has 1 fully saturated rings. The first-order valence-electron chi connectivity index (χ1n) is 7.95. The fraction of sp³-hybridized carbons (Fsp3) is 0.444. The highest BCUT2D eigenvalue weighted by atomic mass is 16.6. The monoisotopic (exact) mass is 317 g/mol. The van der Waals surface area contributed by atoms with Crippen molar-refractivity contribution < 1.29 is 19.4 Å². The molecule has 0 spiro atoms. The number of hydrogen-bond donors (Lipinski definition) is 1. The second-order valence-corrected chi connectivity index (χ2v) is 5.72. The summed E-state index contributed by atoms with van der Waals surface area (Å²) in [7, 11) is 0. The third kappa shape index (κ3) is 4.84. The average Bonchev–Trinajstić information content (AvgIpc) is 2.53. The molecule has 1 saturated heterocycles. The summed E-state index contributed by atoms with van der Waals surface area (Å²) in [6, 6.07) is 9.05. The van der Waals surface area contributed by atoms with Gasteiger partial charge in [0.05, 0.1) is 12.5 Å². The molecule has 1 aromatic rings. The van der Waals surface area contributed by atoms with Crippen LogP contribution < -0.4 is 0 Å². The van der Waals surface area contributed by atoms with Crippen LogP contribution in [0.25, 0.3) is 0 Å². The van der Waals surface area contributed by atoms with E-state index in [4.69, 9.17) is 9.84 Å². The Morgan fingerprint density at radius 1 is 1.30 bits per heavy atom. The van der Waals surface area contributed by atoms with E-state index in [9.17, 15) is 9.59 Å². The quantitative estimate of drug-likeness (QED) is 0.843. The fourth-order valence-corrected chi connectivity index (χ4v) is 3.00. The third-order valence-electron chi connectivity index (χ3n) is 4.03. The molecule has 1 aromatic carbocycles. The SMILES string of the molecule is C/C=C\[C@@H]1CCC[C@H](CC(=O)O)N1C(=O)OCc1ccccc1. The van der Waals surface area contributed by atoms with Gasteiger partial charge in [-0.25, -0.2) is 4.79 Å². The predicted octanol–water partition coefficient (Wildman–Crippen LogP) is 3.60. The second-order valence-electron chi connectivity index (χ2n) is 5.72. The maximum absolute atomic E-state index is 12.5. The lowest BCUT2D eigenvalue weighted by Gasteiger charge is -2.39. The number of piperidine rings is 1. The number of nitrogens with zero attached hydrogens (tertiary/aromatic N) is 1. The highest BCUT2D eigenvalue weighted by molar-refractivity contribution is 5.72. The van der Waals surface area contributed by atoms with Crippen molar-refractivity contribution >= 4 is 12.1 Å². The summed E-state index contributed by atoms with van der Waals surface area (Å²) in [6.07, 6.45) is 5.79. The Morgan fingerprint density at radius 2 is 2.04 bits per heavy atom. The molecule has 0 bridgehead atoms. The summed E-state index contributed by atoms with van der Waals surface area (Å²) >= 11 is 0. The standard InChI is InChI=1S/C18H23NO4/c1-2-7-15-10-6-11-16(12-17(20)21)19(15)18(22)23-13-14-8-4-3-5-9-14/h2-5,7-9,15-16H,6,10-13H2,1H3,(H,20,21)/b7-2-/t15-,16-/m1/s1. The summed E-state index contributed by atoms with van der Waals surface area (Å²) in [5, 5.41) is 9.09. The number of carbonyl (C=O) groups excluding carboxylic acids is 1. The lowest BCUT2D eigenvalue weighted by Crippen LogP contribution is -2.50. The minimum Gasteiger partial charge on any atom is -0.481 e. The molecule has 0 saturated carbocycles. The van der Waals surface area contributed by atoms with Crippen molar-refractivity contribution in [2.75, 3.05) is 0 Å². The molecule has 1 amide bonds. The number of likely N-dealkylation sites (tertiary alicyclic amines) is 1. The lowest BCUT2D eigenvalue weighted by molar-refractivity contribution is -0.138. The molecule has 124 valence electrons. The maximum Gasteiger partial charge on any atom is 0.410 e. The molecule has 1 aliphatic rings. The maximum atomic E-state index is 12.5.